The Hall–Kier alpha value is -2.19. The zero-order valence-corrected chi connectivity index (χ0v) is 21.5. The van der Waals surface area contributed by atoms with Gasteiger partial charge in [-0.25, -0.2) is 23.4 Å². The standard InChI is InChI=1S/C24H32F2N6O4S/c1-3-6-37-24-28-22(27-16-9-13(16)12-8-15(26)14(25)7-11(12)2)19-23(29-24)32(31-30-19)17-10-18(36-5-4-33)21(35)20(17)34/h7-8,11-13,16-18,20-21,33-35H,3-6,9-10H2,1-2H3,(H,27,28,29). The Bertz CT molecular complexity index is 1200. The van der Waals surface area contributed by atoms with Crippen LogP contribution in [-0.2, 0) is 4.74 Å². The average molecular weight is 539 g/mol. The van der Waals surface area contributed by atoms with E-state index in [1.54, 1.807) is 0 Å². The van der Waals surface area contributed by atoms with Gasteiger partial charge in [0.1, 0.15) is 12.2 Å². The van der Waals surface area contributed by atoms with Crippen LogP contribution in [0.3, 0.4) is 0 Å². The summed E-state index contributed by atoms with van der Waals surface area (Å²) in [6.07, 6.45) is 1.75. The molecule has 2 fully saturated rings. The van der Waals surface area contributed by atoms with Crippen molar-refractivity contribution in [2.24, 2.45) is 17.8 Å². The van der Waals surface area contributed by atoms with E-state index in [4.69, 9.17) is 9.84 Å². The topological polar surface area (TPSA) is 138 Å². The molecule has 10 nitrogen and oxygen atoms in total. The van der Waals surface area contributed by atoms with Gasteiger partial charge in [0.05, 0.1) is 25.4 Å². The molecule has 13 heteroatoms. The van der Waals surface area contributed by atoms with Gasteiger partial charge < -0.3 is 25.4 Å². The molecule has 0 bridgehead atoms. The van der Waals surface area contributed by atoms with Gasteiger partial charge in [0, 0.05) is 18.2 Å². The van der Waals surface area contributed by atoms with Crippen LogP contribution in [-0.4, -0.2) is 83.6 Å². The summed E-state index contributed by atoms with van der Waals surface area (Å²) in [6, 6.07) is -0.615. The van der Waals surface area contributed by atoms with Crippen molar-refractivity contribution in [1.29, 1.82) is 0 Å². The van der Waals surface area contributed by atoms with E-state index in [1.807, 2.05) is 6.92 Å². The Morgan fingerprint density at radius 2 is 1.95 bits per heavy atom. The van der Waals surface area contributed by atoms with Crippen LogP contribution < -0.4 is 5.32 Å². The van der Waals surface area contributed by atoms with Crippen LogP contribution in [0.1, 0.15) is 39.2 Å². The Morgan fingerprint density at radius 1 is 1.16 bits per heavy atom. The first-order chi connectivity index (χ1) is 17.8. The van der Waals surface area contributed by atoms with Gasteiger partial charge in [0.15, 0.2) is 33.8 Å². The highest BCUT2D eigenvalue weighted by Gasteiger charge is 2.47. The van der Waals surface area contributed by atoms with Crippen molar-refractivity contribution in [3.63, 3.8) is 0 Å². The molecule has 0 aromatic carbocycles. The summed E-state index contributed by atoms with van der Waals surface area (Å²) in [5, 5.41) is 42.7. The first kappa shape index (κ1) is 26.4. The number of halogens is 2. The molecule has 4 N–H and O–H groups in total. The molecule has 0 aliphatic heterocycles. The second-order valence-electron chi connectivity index (χ2n) is 9.94. The third-order valence-corrected chi connectivity index (χ3v) is 8.37. The number of thioether (sulfide) groups is 1. The molecule has 0 spiro atoms. The minimum absolute atomic E-state index is 0.00786. The van der Waals surface area contributed by atoms with Crippen LogP contribution in [0.4, 0.5) is 14.6 Å². The minimum atomic E-state index is -1.15. The van der Waals surface area contributed by atoms with Crippen LogP contribution in [0.25, 0.3) is 11.2 Å². The van der Waals surface area contributed by atoms with E-state index in [0.717, 1.165) is 18.6 Å². The summed E-state index contributed by atoms with van der Waals surface area (Å²) < 4.78 is 34.6. The van der Waals surface area contributed by atoms with Crippen LogP contribution in [0, 0.1) is 17.8 Å². The van der Waals surface area contributed by atoms with E-state index < -0.39 is 36.0 Å². The highest BCUT2D eigenvalue weighted by Crippen LogP contribution is 2.47. The van der Waals surface area contributed by atoms with Gasteiger partial charge in [0.25, 0.3) is 0 Å². The molecule has 2 heterocycles. The molecule has 3 aliphatic carbocycles. The number of ether oxygens (including phenoxy) is 1. The van der Waals surface area contributed by atoms with Crippen molar-refractivity contribution in [1.82, 2.24) is 25.0 Å². The van der Waals surface area contributed by atoms with E-state index in [2.05, 4.69) is 32.5 Å². The summed E-state index contributed by atoms with van der Waals surface area (Å²) in [7, 11) is 0. The zero-order chi connectivity index (χ0) is 26.3. The molecular weight excluding hydrogens is 506 g/mol. The summed E-state index contributed by atoms with van der Waals surface area (Å²) >= 11 is 1.49. The number of aliphatic hydroxyl groups excluding tert-OH is 3. The predicted octanol–water partition coefficient (Wildman–Crippen LogP) is 2.54. The number of nitrogens with one attached hydrogen (secondary N) is 1. The lowest BCUT2D eigenvalue weighted by molar-refractivity contribution is -0.0629. The highest BCUT2D eigenvalue weighted by molar-refractivity contribution is 7.99. The van der Waals surface area contributed by atoms with Gasteiger partial charge >= 0.3 is 0 Å². The number of hydrogen-bond donors (Lipinski definition) is 4. The van der Waals surface area contributed by atoms with Crippen LogP contribution >= 0.6 is 11.8 Å². The molecule has 37 heavy (non-hydrogen) atoms. The highest BCUT2D eigenvalue weighted by atomic mass is 32.2. The number of nitrogens with zero attached hydrogens (tertiary/aromatic N) is 5. The quantitative estimate of drug-likeness (QED) is 0.264. The zero-order valence-electron chi connectivity index (χ0n) is 20.7. The summed E-state index contributed by atoms with van der Waals surface area (Å²) in [5.74, 6) is -0.422. The number of aliphatic hydroxyl groups is 3. The Kier molecular flexibility index (Phi) is 7.78. The van der Waals surface area contributed by atoms with Crippen molar-refractivity contribution in [3.8, 4) is 0 Å². The van der Waals surface area contributed by atoms with Gasteiger partial charge in [-0.05, 0) is 42.7 Å². The second kappa shape index (κ2) is 10.9. The second-order valence-corrected chi connectivity index (χ2v) is 11.0. The fourth-order valence-corrected chi connectivity index (χ4v) is 5.98. The minimum Gasteiger partial charge on any atom is -0.394 e. The molecule has 0 radical (unpaired) electrons. The molecule has 2 aromatic rings. The predicted molar refractivity (Wildman–Crippen MR) is 133 cm³/mol. The van der Waals surface area contributed by atoms with Gasteiger partial charge in [-0.1, -0.05) is 30.8 Å². The smallest absolute Gasteiger partial charge is 0.191 e. The number of rotatable bonds is 10. The van der Waals surface area contributed by atoms with Gasteiger partial charge in [0.2, 0.25) is 0 Å². The van der Waals surface area contributed by atoms with Crippen LogP contribution in [0.15, 0.2) is 29.0 Å². The first-order valence-corrected chi connectivity index (χ1v) is 13.7. The number of anilines is 1. The molecule has 8 unspecified atom stereocenters. The average Bonchev–Trinajstić information content (AvgIpc) is 3.41. The van der Waals surface area contributed by atoms with Crippen LogP contribution in [0.5, 0.6) is 0 Å². The molecular formula is C24H32F2N6O4S. The van der Waals surface area contributed by atoms with Gasteiger partial charge in [-0.15, -0.1) is 5.10 Å². The molecule has 8 atom stereocenters. The van der Waals surface area contributed by atoms with E-state index >= 15 is 0 Å². The van der Waals surface area contributed by atoms with E-state index in [9.17, 15) is 19.0 Å². The monoisotopic (exact) mass is 538 g/mol. The SMILES string of the molecule is CCCSc1nc(NC2CC2C2C=C(F)C(F)=CC2C)c2nnn(C3CC(OCCO)C(O)C3O)c2n1. The van der Waals surface area contributed by atoms with E-state index in [1.165, 1.54) is 28.6 Å². The number of aromatic nitrogens is 5. The molecule has 5 rings (SSSR count). The molecule has 3 aliphatic rings. The molecule has 202 valence electrons. The van der Waals surface area contributed by atoms with Crippen LogP contribution in [0.2, 0.25) is 0 Å². The van der Waals surface area contributed by atoms with Crippen molar-refractivity contribution in [2.45, 2.75) is 68.7 Å². The molecule has 2 aromatic heterocycles. The summed E-state index contributed by atoms with van der Waals surface area (Å²) in [4.78, 5) is 9.33. The third kappa shape index (κ3) is 5.24. The molecule has 2 saturated carbocycles. The van der Waals surface area contributed by atoms with Crippen molar-refractivity contribution in [3.05, 3.63) is 23.8 Å². The fourth-order valence-electron chi connectivity index (χ4n) is 5.29. The van der Waals surface area contributed by atoms with E-state index in [0.29, 0.717) is 22.1 Å². The Labute approximate surface area is 217 Å². The van der Waals surface area contributed by atoms with Crippen molar-refractivity contribution >= 4 is 28.7 Å². The maximum absolute atomic E-state index is 13.9. The molecule has 0 saturated heterocycles. The summed E-state index contributed by atoms with van der Waals surface area (Å²) in [5.41, 5.74) is 0.853. The molecule has 0 amide bonds. The lowest BCUT2D eigenvalue weighted by Gasteiger charge is -2.22. The lowest BCUT2D eigenvalue weighted by Crippen LogP contribution is -2.33. The van der Waals surface area contributed by atoms with E-state index in [-0.39, 0.29) is 43.4 Å². The lowest BCUT2D eigenvalue weighted by atomic mass is 9.85. The third-order valence-electron chi connectivity index (χ3n) is 7.31. The largest absolute Gasteiger partial charge is 0.394 e. The van der Waals surface area contributed by atoms with Gasteiger partial charge in [-0.3, -0.25) is 0 Å². The van der Waals surface area contributed by atoms with Crippen molar-refractivity contribution in [2.75, 3.05) is 24.3 Å². The number of allylic oxidation sites excluding steroid dienone is 4. The van der Waals surface area contributed by atoms with Crippen molar-refractivity contribution < 1.29 is 28.8 Å². The normalized spacial score (nSPS) is 33.5. The first-order valence-electron chi connectivity index (χ1n) is 12.7. The number of hydrogen-bond acceptors (Lipinski definition) is 10. The Morgan fingerprint density at radius 3 is 2.70 bits per heavy atom. The summed E-state index contributed by atoms with van der Waals surface area (Å²) in [6.45, 7) is 3.81. The fraction of sp³-hybridized carbons (Fsp3) is 0.667. The maximum atomic E-state index is 13.9. The maximum Gasteiger partial charge on any atom is 0.191 e. The van der Waals surface area contributed by atoms with Gasteiger partial charge in [-0.2, -0.15) is 0 Å². The number of fused-ring (bicyclic) bond motifs is 1. The Balaban J connectivity index is 1.41.